The van der Waals surface area contributed by atoms with E-state index in [1.165, 1.54) is 13.0 Å². The number of nitrogens with one attached hydrogen (secondary N) is 1. The number of hydrogen-bond acceptors (Lipinski definition) is 4. The van der Waals surface area contributed by atoms with Crippen LogP contribution in [0, 0.1) is 0 Å². The van der Waals surface area contributed by atoms with E-state index in [9.17, 15) is 9.59 Å². The Kier molecular flexibility index (Phi) is 4.44. The number of carbonyl (C=O) groups excluding carboxylic acids is 2. The Balaban J connectivity index is 2.08. The molecular formula is C18H13ClN2O3. The maximum atomic E-state index is 11.4. The average Bonchev–Trinajstić information content (AvgIpc) is 2.55. The van der Waals surface area contributed by atoms with Gasteiger partial charge in [-0.1, -0.05) is 18.2 Å². The van der Waals surface area contributed by atoms with E-state index in [1.807, 2.05) is 30.3 Å². The molecule has 1 aromatic heterocycles. The van der Waals surface area contributed by atoms with E-state index in [0.717, 1.165) is 0 Å². The van der Waals surface area contributed by atoms with Crippen molar-refractivity contribution < 1.29 is 14.3 Å². The Morgan fingerprint density at radius 1 is 1.04 bits per heavy atom. The molecule has 0 aliphatic carbocycles. The van der Waals surface area contributed by atoms with Gasteiger partial charge in [-0.2, -0.15) is 0 Å². The van der Waals surface area contributed by atoms with E-state index < -0.39 is 5.24 Å². The number of nitrogens with zero attached hydrogens (tertiary/aromatic N) is 1. The van der Waals surface area contributed by atoms with Gasteiger partial charge in [0, 0.05) is 12.3 Å². The van der Waals surface area contributed by atoms with Gasteiger partial charge < -0.3 is 10.1 Å². The molecular weight excluding hydrogens is 328 g/mol. The number of aromatic nitrogens is 1. The van der Waals surface area contributed by atoms with Crippen molar-refractivity contribution >= 4 is 39.3 Å². The summed E-state index contributed by atoms with van der Waals surface area (Å²) >= 11 is 5.51. The third-order valence-corrected chi connectivity index (χ3v) is 3.46. The largest absolute Gasteiger partial charge is 0.457 e. The Bertz CT molecular complexity index is 926. The van der Waals surface area contributed by atoms with Crippen LogP contribution in [0.25, 0.3) is 10.9 Å². The van der Waals surface area contributed by atoms with Crippen molar-refractivity contribution in [1.82, 2.24) is 4.98 Å². The lowest BCUT2D eigenvalue weighted by atomic mass is 10.1. The number of fused-ring (bicyclic) bond motifs is 1. The molecule has 2 aromatic carbocycles. The number of benzene rings is 2. The monoisotopic (exact) mass is 340 g/mol. The van der Waals surface area contributed by atoms with E-state index in [0.29, 0.717) is 28.1 Å². The van der Waals surface area contributed by atoms with E-state index in [4.69, 9.17) is 16.3 Å². The first-order chi connectivity index (χ1) is 11.5. The van der Waals surface area contributed by atoms with E-state index in [1.54, 1.807) is 18.2 Å². The molecule has 0 bridgehead atoms. The Labute approximate surface area is 143 Å². The number of hydrogen-bond donors (Lipinski definition) is 1. The highest BCUT2D eigenvalue weighted by molar-refractivity contribution is 6.67. The fourth-order valence-electron chi connectivity index (χ4n) is 2.29. The molecule has 120 valence electrons. The van der Waals surface area contributed by atoms with Crippen molar-refractivity contribution in [3.05, 3.63) is 60.3 Å². The number of carbonyl (C=O) groups is 2. The van der Waals surface area contributed by atoms with Gasteiger partial charge in [0.15, 0.2) is 0 Å². The highest BCUT2D eigenvalue weighted by Gasteiger charge is 2.12. The molecule has 0 spiro atoms. The quantitative estimate of drug-likeness (QED) is 0.716. The first kappa shape index (κ1) is 16.0. The van der Waals surface area contributed by atoms with Crippen molar-refractivity contribution in [2.75, 3.05) is 5.32 Å². The summed E-state index contributed by atoms with van der Waals surface area (Å²) < 4.78 is 5.79. The summed E-state index contributed by atoms with van der Waals surface area (Å²) in [4.78, 5) is 27.0. The standard InChI is InChI=1S/C18H13ClN2O3/c1-11(22)20-16-10-17(18(19)23)21-15-8-7-13(9-14(15)16)24-12-5-3-2-4-6-12/h2-10H,1H3,(H,20,21,22). The fraction of sp³-hybridized carbons (Fsp3) is 0.0556. The van der Waals surface area contributed by atoms with Gasteiger partial charge in [0.2, 0.25) is 5.91 Å². The third-order valence-electron chi connectivity index (χ3n) is 3.27. The van der Waals surface area contributed by atoms with Crippen LogP contribution in [0.3, 0.4) is 0 Å². The maximum Gasteiger partial charge on any atom is 0.270 e. The second kappa shape index (κ2) is 6.68. The highest BCUT2D eigenvalue weighted by atomic mass is 35.5. The van der Waals surface area contributed by atoms with Crippen LogP contribution in [0.1, 0.15) is 17.4 Å². The summed E-state index contributed by atoms with van der Waals surface area (Å²) in [6.07, 6.45) is 0. The zero-order chi connectivity index (χ0) is 17.1. The molecule has 5 nitrogen and oxygen atoms in total. The molecule has 6 heteroatoms. The predicted octanol–water partition coefficient (Wildman–Crippen LogP) is 4.36. The molecule has 0 atom stereocenters. The number of pyridine rings is 1. The van der Waals surface area contributed by atoms with Gasteiger partial charge >= 0.3 is 0 Å². The molecule has 1 heterocycles. The van der Waals surface area contributed by atoms with Gasteiger partial charge in [-0.3, -0.25) is 9.59 Å². The molecule has 0 aliphatic rings. The molecule has 24 heavy (non-hydrogen) atoms. The van der Waals surface area contributed by atoms with Gasteiger partial charge in [0.05, 0.1) is 11.2 Å². The number of amides is 1. The molecule has 0 saturated carbocycles. The topological polar surface area (TPSA) is 68.3 Å². The fourth-order valence-corrected chi connectivity index (χ4v) is 2.38. The van der Waals surface area contributed by atoms with Gasteiger partial charge in [0.1, 0.15) is 17.2 Å². The molecule has 0 radical (unpaired) electrons. The molecule has 0 fully saturated rings. The highest BCUT2D eigenvalue weighted by Crippen LogP contribution is 2.30. The molecule has 1 amide bonds. The average molecular weight is 341 g/mol. The number of ether oxygens (including phenoxy) is 1. The zero-order valence-corrected chi connectivity index (χ0v) is 13.5. The SMILES string of the molecule is CC(=O)Nc1cc(C(=O)Cl)nc2ccc(Oc3ccccc3)cc12. The normalized spacial score (nSPS) is 10.4. The minimum absolute atomic E-state index is 0.0737. The Morgan fingerprint density at radius 2 is 1.79 bits per heavy atom. The van der Waals surface area contributed by atoms with Crippen molar-refractivity contribution in [1.29, 1.82) is 0 Å². The van der Waals surface area contributed by atoms with Crippen molar-refractivity contribution in [2.24, 2.45) is 0 Å². The number of anilines is 1. The minimum Gasteiger partial charge on any atom is -0.457 e. The van der Waals surface area contributed by atoms with Crippen LogP contribution in [0.5, 0.6) is 11.5 Å². The van der Waals surface area contributed by atoms with Crippen LogP contribution in [0.15, 0.2) is 54.6 Å². The van der Waals surface area contributed by atoms with E-state index in [2.05, 4.69) is 10.3 Å². The summed E-state index contributed by atoms with van der Waals surface area (Å²) in [6.45, 7) is 1.39. The minimum atomic E-state index is -0.687. The van der Waals surface area contributed by atoms with Gasteiger partial charge in [-0.05, 0) is 48.0 Å². The molecule has 0 saturated heterocycles. The lowest BCUT2D eigenvalue weighted by Gasteiger charge is -2.11. The summed E-state index contributed by atoms with van der Waals surface area (Å²) in [5.41, 5.74) is 1.06. The molecule has 1 N–H and O–H groups in total. The number of rotatable bonds is 4. The van der Waals surface area contributed by atoms with Crippen molar-refractivity contribution in [3.63, 3.8) is 0 Å². The number of halogens is 1. The van der Waals surface area contributed by atoms with Crippen molar-refractivity contribution in [3.8, 4) is 11.5 Å². The Hall–Kier alpha value is -2.92. The lowest BCUT2D eigenvalue weighted by molar-refractivity contribution is -0.114. The van der Waals surface area contributed by atoms with Crippen LogP contribution in [0.2, 0.25) is 0 Å². The zero-order valence-electron chi connectivity index (χ0n) is 12.7. The second-order valence-corrected chi connectivity index (χ2v) is 5.45. The summed E-state index contributed by atoms with van der Waals surface area (Å²) in [5.74, 6) is 1.02. The molecule has 3 rings (SSSR count). The predicted molar refractivity (Wildman–Crippen MR) is 92.7 cm³/mol. The van der Waals surface area contributed by atoms with Crippen LogP contribution in [0.4, 0.5) is 5.69 Å². The molecule has 0 unspecified atom stereocenters. The van der Waals surface area contributed by atoms with Crippen LogP contribution >= 0.6 is 11.6 Å². The number of para-hydroxylation sites is 1. The van der Waals surface area contributed by atoms with E-state index >= 15 is 0 Å². The van der Waals surface area contributed by atoms with Gasteiger partial charge in [-0.25, -0.2) is 4.98 Å². The first-order valence-electron chi connectivity index (χ1n) is 7.18. The third kappa shape index (κ3) is 3.52. The van der Waals surface area contributed by atoms with Crippen LogP contribution in [-0.4, -0.2) is 16.1 Å². The summed E-state index contributed by atoms with van der Waals surface area (Å²) in [6, 6.07) is 16.0. The lowest BCUT2D eigenvalue weighted by Crippen LogP contribution is -2.08. The van der Waals surface area contributed by atoms with Crippen LogP contribution < -0.4 is 10.1 Å². The van der Waals surface area contributed by atoms with Crippen molar-refractivity contribution in [2.45, 2.75) is 6.92 Å². The van der Waals surface area contributed by atoms with Gasteiger partial charge in [-0.15, -0.1) is 0 Å². The molecule has 0 aliphatic heterocycles. The maximum absolute atomic E-state index is 11.4. The second-order valence-electron chi connectivity index (χ2n) is 5.10. The smallest absolute Gasteiger partial charge is 0.270 e. The van der Waals surface area contributed by atoms with E-state index in [-0.39, 0.29) is 11.6 Å². The van der Waals surface area contributed by atoms with Crippen LogP contribution in [-0.2, 0) is 4.79 Å². The first-order valence-corrected chi connectivity index (χ1v) is 7.56. The van der Waals surface area contributed by atoms with Gasteiger partial charge in [0.25, 0.3) is 5.24 Å². The summed E-state index contributed by atoms with van der Waals surface area (Å²) in [5, 5.41) is 2.65. The summed E-state index contributed by atoms with van der Waals surface area (Å²) in [7, 11) is 0. The Morgan fingerprint density at radius 3 is 2.46 bits per heavy atom. The molecule has 3 aromatic rings.